The molecule has 0 aliphatic heterocycles. The van der Waals surface area contributed by atoms with E-state index in [-0.39, 0.29) is 5.75 Å². The van der Waals surface area contributed by atoms with Crippen molar-refractivity contribution in [3.05, 3.63) is 54.7 Å². The first-order valence-electron chi connectivity index (χ1n) is 5.35. The normalized spacial score (nSPS) is 11.1. The summed E-state index contributed by atoms with van der Waals surface area (Å²) in [6, 6.07) is 11.8. The van der Waals surface area contributed by atoms with Crippen molar-refractivity contribution in [1.82, 2.24) is 0 Å². The molecule has 18 heavy (non-hydrogen) atoms. The highest BCUT2D eigenvalue weighted by atomic mass is 127. The molecule has 0 heterocycles. The lowest BCUT2D eigenvalue weighted by molar-refractivity contribution is 0.470. The molecule has 2 nitrogen and oxygen atoms in total. The molecular weight excluding hydrogens is 452 g/mol. The molecule has 2 rings (SSSR count). The van der Waals surface area contributed by atoms with Gasteiger partial charge in [0.05, 0.1) is 9.26 Å². The summed E-state index contributed by atoms with van der Waals surface area (Å²) in [4.78, 5) is 4.37. The van der Waals surface area contributed by atoms with Gasteiger partial charge in [0.25, 0.3) is 0 Å². The third-order valence-corrected chi connectivity index (χ3v) is 3.89. The molecule has 2 aromatic rings. The minimum absolute atomic E-state index is 0.284. The summed E-state index contributed by atoms with van der Waals surface area (Å²) < 4.78 is 1.92. The summed E-state index contributed by atoms with van der Waals surface area (Å²) in [5.41, 5.74) is 2.83. The van der Waals surface area contributed by atoms with Crippen molar-refractivity contribution >= 4 is 57.1 Å². The summed E-state index contributed by atoms with van der Waals surface area (Å²) >= 11 is 4.35. The Labute approximate surface area is 133 Å². The van der Waals surface area contributed by atoms with Crippen LogP contribution in [0.25, 0.3) is 0 Å². The average molecular weight is 463 g/mol. The van der Waals surface area contributed by atoms with Crippen LogP contribution in [0.4, 0.5) is 5.69 Å². The van der Waals surface area contributed by atoms with Gasteiger partial charge in [0.1, 0.15) is 5.75 Å². The van der Waals surface area contributed by atoms with Crippen molar-refractivity contribution in [2.24, 2.45) is 4.99 Å². The van der Waals surface area contributed by atoms with Gasteiger partial charge in [-0.2, -0.15) is 0 Å². The number of hydrogen-bond acceptors (Lipinski definition) is 2. The SMILES string of the molecule is Cc1ccc(N=Cc2cc(I)cc(I)c2O)cc1. The van der Waals surface area contributed by atoms with Crippen LogP contribution in [0.1, 0.15) is 11.1 Å². The number of aryl methyl sites for hydroxylation is 1. The molecule has 0 amide bonds. The van der Waals surface area contributed by atoms with Crippen LogP contribution < -0.4 is 0 Å². The molecule has 0 saturated carbocycles. The molecule has 1 N–H and O–H groups in total. The highest BCUT2D eigenvalue weighted by Gasteiger charge is 2.04. The Bertz CT molecular complexity index is 591. The van der Waals surface area contributed by atoms with E-state index in [1.807, 2.05) is 43.3 Å². The number of hydrogen-bond donors (Lipinski definition) is 1. The number of halogens is 2. The molecule has 0 spiro atoms. The fraction of sp³-hybridized carbons (Fsp3) is 0.0714. The zero-order valence-corrected chi connectivity index (χ0v) is 14.0. The van der Waals surface area contributed by atoms with Crippen LogP contribution in [0.3, 0.4) is 0 Å². The second-order valence-electron chi connectivity index (χ2n) is 3.92. The van der Waals surface area contributed by atoms with Gasteiger partial charge in [-0.1, -0.05) is 17.7 Å². The van der Waals surface area contributed by atoms with E-state index in [0.717, 1.165) is 18.4 Å². The Morgan fingerprint density at radius 3 is 2.44 bits per heavy atom. The number of phenolic OH excluding ortho intramolecular Hbond substituents is 1. The van der Waals surface area contributed by atoms with Crippen molar-refractivity contribution in [2.75, 3.05) is 0 Å². The summed E-state index contributed by atoms with van der Waals surface area (Å²) in [6.45, 7) is 2.04. The van der Waals surface area contributed by atoms with Crippen molar-refractivity contribution in [3.8, 4) is 5.75 Å². The van der Waals surface area contributed by atoms with E-state index in [4.69, 9.17) is 0 Å². The predicted molar refractivity (Wildman–Crippen MR) is 92.0 cm³/mol. The summed E-state index contributed by atoms with van der Waals surface area (Å²) in [5.74, 6) is 0.284. The molecule has 92 valence electrons. The van der Waals surface area contributed by atoms with Gasteiger partial charge < -0.3 is 5.11 Å². The van der Waals surface area contributed by atoms with Crippen LogP contribution in [0, 0.1) is 14.1 Å². The minimum Gasteiger partial charge on any atom is -0.506 e. The van der Waals surface area contributed by atoms with Crippen molar-refractivity contribution < 1.29 is 5.11 Å². The maximum Gasteiger partial charge on any atom is 0.137 e. The second kappa shape index (κ2) is 6.01. The molecule has 0 radical (unpaired) electrons. The molecule has 0 fully saturated rings. The van der Waals surface area contributed by atoms with Gasteiger partial charge in [-0.15, -0.1) is 0 Å². The largest absolute Gasteiger partial charge is 0.506 e. The lowest BCUT2D eigenvalue weighted by Crippen LogP contribution is -1.87. The van der Waals surface area contributed by atoms with Crippen LogP contribution in [0.2, 0.25) is 0 Å². The molecule has 0 bridgehead atoms. The maximum atomic E-state index is 9.94. The first-order chi connectivity index (χ1) is 8.56. The monoisotopic (exact) mass is 463 g/mol. The highest BCUT2D eigenvalue weighted by Crippen LogP contribution is 2.26. The fourth-order valence-electron chi connectivity index (χ4n) is 1.46. The number of nitrogens with zero attached hydrogens (tertiary/aromatic N) is 1. The minimum atomic E-state index is 0.284. The lowest BCUT2D eigenvalue weighted by atomic mass is 10.2. The number of aliphatic imine (C=N–C) groups is 1. The maximum absolute atomic E-state index is 9.94. The molecule has 0 unspecified atom stereocenters. The van der Waals surface area contributed by atoms with Crippen LogP contribution in [0.5, 0.6) is 5.75 Å². The van der Waals surface area contributed by atoms with E-state index in [2.05, 4.69) is 50.2 Å². The van der Waals surface area contributed by atoms with E-state index in [9.17, 15) is 5.11 Å². The van der Waals surface area contributed by atoms with Crippen molar-refractivity contribution in [2.45, 2.75) is 6.92 Å². The molecule has 0 aromatic heterocycles. The molecule has 0 aliphatic rings. The lowest BCUT2D eigenvalue weighted by Gasteiger charge is -2.03. The van der Waals surface area contributed by atoms with E-state index < -0.39 is 0 Å². The van der Waals surface area contributed by atoms with Gasteiger partial charge in [-0.05, 0) is 76.4 Å². The zero-order chi connectivity index (χ0) is 13.1. The number of benzene rings is 2. The van der Waals surface area contributed by atoms with E-state index in [1.165, 1.54) is 5.56 Å². The fourth-order valence-corrected chi connectivity index (χ4v) is 3.35. The third kappa shape index (κ3) is 3.44. The average Bonchev–Trinajstić information content (AvgIpc) is 2.34. The number of aromatic hydroxyl groups is 1. The van der Waals surface area contributed by atoms with Crippen molar-refractivity contribution in [1.29, 1.82) is 0 Å². The Hall–Kier alpha value is -0.630. The van der Waals surface area contributed by atoms with E-state index in [1.54, 1.807) is 6.21 Å². The van der Waals surface area contributed by atoms with Gasteiger partial charge >= 0.3 is 0 Å². The Morgan fingerprint density at radius 2 is 1.78 bits per heavy atom. The smallest absolute Gasteiger partial charge is 0.137 e. The number of phenols is 1. The molecule has 0 aliphatic carbocycles. The first kappa shape index (κ1) is 13.8. The second-order valence-corrected chi connectivity index (χ2v) is 6.33. The van der Waals surface area contributed by atoms with Crippen LogP contribution in [-0.4, -0.2) is 11.3 Å². The quantitative estimate of drug-likeness (QED) is 0.511. The van der Waals surface area contributed by atoms with Gasteiger partial charge in [-0.3, -0.25) is 4.99 Å². The van der Waals surface area contributed by atoms with Crippen LogP contribution in [0.15, 0.2) is 41.4 Å². The molecular formula is C14H11I2NO. The molecule has 2 aromatic carbocycles. The van der Waals surface area contributed by atoms with E-state index in [0.29, 0.717) is 0 Å². The standard InChI is InChI=1S/C14H11I2NO/c1-9-2-4-12(5-3-9)17-8-10-6-11(15)7-13(16)14(10)18/h2-8,18H,1H3. The van der Waals surface area contributed by atoms with Crippen LogP contribution >= 0.6 is 45.2 Å². The Kier molecular flexibility index (Phi) is 4.60. The topological polar surface area (TPSA) is 32.6 Å². The first-order valence-corrected chi connectivity index (χ1v) is 7.51. The summed E-state index contributed by atoms with van der Waals surface area (Å²) in [7, 11) is 0. The molecule has 4 heteroatoms. The van der Waals surface area contributed by atoms with Crippen molar-refractivity contribution in [3.63, 3.8) is 0 Å². The van der Waals surface area contributed by atoms with Gasteiger partial charge in [-0.25, -0.2) is 0 Å². The van der Waals surface area contributed by atoms with Gasteiger partial charge in [0.15, 0.2) is 0 Å². The van der Waals surface area contributed by atoms with Gasteiger partial charge in [0, 0.05) is 15.3 Å². The molecule has 0 saturated heterocycles. The predicted octanol–water partition coefficient (Wildman–Crippen LogP) is 4.66. The summed E-state index contributed by atoms with van der Waals surface area (Å²) in [6.07, 6.45) is 1.70. The van der Waals surface area contributed by atoms with Gasteiger partial charge in [0.2, 0.25) is 0 Å². The van der Waals surface area contributed by atoms with Crippen LogP contribution in [-0.2, 0) is 0 Å². The summed E-state index contributed by atoms with van der Waals surface area (Å²) in [5, 5.41) is 9.94. The number of rotatable bonds is 2. The molecule has 0 atom stereocenters. The zero-order valence-electron chi connectivity index (χ0n) is 9.69. The van der Waals surface area contributed by atoms with E-state index >= 15 is 0 Å². The Morgan fingerprint density at radius 1 is 1.11 bits per heavy atom. The Balaban J connectivity index is 2.31. The third-order valence-electron chi connectivity index (χ3n) is 2.44. The highest BCUT2D eigenvalue weighted by molar-refractivity contribution is 14.1.